The summed E-state index contributed by atoms with van der Waals surface area (Å²) in [7, 11) is 0. The van der Waals surface area contributed by atoms with Crippen LogP contribution in [0.4, 0.5) is 4.79 Å². The predicted octanol–water partition coefficient (Wildman–Crippen LogP) is 3.33. The van der Waals surface area contributed by atoms with Crippen molar-refractivity contribution in [2.75, 3.05) is 0 Å². The molecule has 0 radical (unpaired) electrons. The van der Waals surface area contributed by atoms with Gasteiger partial charge in [0.05, 0.1) is 16.8 Å². The lowest BCUT2D eigenvalue weighted by Gasteiger charge is -2.29. The van der Waals surface area contributed by atoms with Gasteiger partial charge in [-0.15, -0.1) is 5.01 Å². The van der Waals surface area contributed by atoms with Gasteiger partial charge in [0.15, 0.2) is 0 Å². The van der Waals surface area contributed by atoms with E-state index in [-0.39, 0.29) is 11.4 Å². The molecule has 2 N–H and O–H groups in total. The topological polar surface area (TPSA) is 117 Å². The number of nitrogens with zero attached hydrogens (tertiary/aromatic N) is 4. The smallest absolute Gasteiger partial charge is 0.346 e. The Morgan fingerprint density at radius 2 is 1.79 bits per heavy atom. The molecule has 1 spiro atoms. The van der Waals surface area contributed by atoms with Crippen LogP contribution < -0.4 is 10.9 Å². The molecular weight excluding hydrogens is 446 g/mol. The van der Waals surface area contributed by atoms with Crippen LogP contribution in [0.5, 0.6) is 5.88 Å². The fraction of sp³-hybridized carbons (Fsp3) is 0.261. The second kappa shape index (κ2) is 8.00. The minimum Gasteiger partial charge on any atom is -0.494 e. The summed E-state index contributed by atoms with van der Waals surface area (Å²) >= 11 is 5.91. The highest BCUT2D eigenvalue weighted by atomic mass is 35.5. The van der Waals surface area contributed by atoms with E-state index < -0.39 is 28.9 Å². The number of halogens is 1. The Bertz CT molecular complexity index is 1360. The van der Waals surface area contributed by atoms with Crippen LogP contribution in [-0.4, -0.2) is 43.4 Å². The van der Waals surface area contributed by atoms with Crippen LogP contribution in [0.15, 0.2) is 52.5 Å². The van der Waals surface area contributed by atoms with E-state index in [1.54, 1.807) is 30.3 Å². The molecule has 1 aliphatic heterocycles. The Balaban J connectivity index is 1.62. The zero-order valence-electron chi connectivity index (χ0n) is 17.5. The van der Waals surface area contributed by atoms with Gasteiger partial charge >= 0.3 is 6.03 Å². The maximum Gasteiger partial charge on any atom is 0.346 e. The first-order chi connectivity index (χ1) is 15.9. The van der Waals surface area contributed by atoms with Gasteiger partial charge in [0.2, 0.25) is 5.88 Å². The molecule has 168 valence electrons. The zero-order valence-corrected chi connectivity index (χ0v) is 18.2. The fourth-order valence-electron chi connectivity index (χ4n) is 4.52. The molecule has 2 aromatic heterocycles. The Kier molecular flexibility index (Phi) is 5.13. The van der Waals surface area contributed by atoms with Crippen LogP contribution in [0.2, 0.25) is 5.02 Å². The van der Waals surface area contributed by atoms with Gasteiger partial charge in [0.1, 0.15) is 11.4 Å². The van der Waals surface area contributed by atoms with Crippen LogP contribution in [0.1, 0.15) is 37.7 Å². The number of rotatable bonds is 3. The van der Waals surface area contributed by atoms with Crippen LogP contribution in [0.25, 0.3) is 16.6 Å². The van der Waals surface area contributed by atoms with Gasteiger partial charge < -0.3 is 10.4 Å². The average Bonchev–Trinajstić information content (AvgIpc) is 3.04. The number of urea groups is 1. The van der Waals surface area contributed by atoms with Gasteiger partial charge in [-0.25, -0.2) is 14.3 Å². The molecule has 1 aromatic carbocycles. The van der Waals surface area contributed by atoms with Gasteiger partial charge in [-0.1, -0.05) is 49.1 Å². The second-order valence-electron chi connectivity index (χ2n) is 8.19. The lowest BCUT2D eigenvalue weighted by molar-refractivity contribution is -0.132. The van der Waals surface area contributed by atoms with Crippen LogP contribution in [-0.2, 0) is 4.79 Å². The maximum atomic E-state index is 13.1. The molecule has 9 nitrogen and oxygen atoms in total. The van der Waals surface area contributed by atoms with Crippen molar-refractivity contribution in [3.8, 4) is 11.7 Å². The number of aromatic nitrogens is 2. The second-order valence-corrected chi connectivity index (χ2v) is 8.63. The summed E-state index contributed by atoms with van der Waals surface area (Å²) in [5.74, 6) is -0.657. The van der Waals surface area contributed by atoms with E-state index in [1.807, 2.05) is 0 Å². The van der Waals surface area contributed by atoms with Crippen molar-refractivity contribution in [3.63, 3.8) is 0 Å². The molecule has 0 atom stereocenters. The fourth-order valence-corrected chi connectivity index (χ4v) is 4.63. The molecule has 5 rings (SSSR count). The summed E-state index contributed by atoms with van der Waals surface area (Å²) in [6.07, 6.45) is 6.47. The number of hydrogen-bond acceptors (Lipinski definition) is 6. The number of amides is 3. The SMILES string of the molecule is O=C1NC2(CCCCC2)C(=O)N1/N=C/c1c(O)n(-c2ccc(Cl)cn2)c(=O)c2ccccc12. The van der Waals surface area contributed by atoms with E-state index >= 15 is 0 Å². The average molecular weight is 466 g/mol. The maximum absolute atomic E-state index is 13.1. The first-order valence-electron chi connectivity index (χ1n) is 10.6. The third-order valence-corrected chi connectivity index (χ3v) is 6.42. The van der Waals surface area contributed by atoms with Crippen molar-refractivity contribution in [2.24, 2.45) is 5.10 Å². The zero-order chi connectivity index (χ0) is 23.2. The summed E-state index contributed by atoms with van der Waals surface area (Å²) in [6, 6.07) is 9.14. The molecule has 0 unspecified atom stereocenters. The van der Waals surface area contributed by atoms with Gasteiger partial charge in [-0.2, -0.15) is 5.10 Å². The summed E-state index contributed by atoms with van der Waals surface area (Å²) in [4.78, 5) is 42.8. The molecular formula is C23H20ClN5O4. The lowest BCUT2D eigenvalue weighted by Crippen LogP contribution is -2.48. The Hall–Kier alpha value is -3.72. The normalized spacial score (nSPS) is 17.9. The van der Waals surface area contributed by atoms with E-state index in [2.05, 4.69) is 15.4 Å². The number of nitrogens with one attached hydrogen (secondary N) is 1. The molecule has 1 aliphatic carbocycles. The van der Waals surface area contributed by atoms with E-state index in [1.165, 1.54) is 18.5 Å². The summed E-state index contributed by atoms with van der Waals surface area (Å²) in [5, 5.41) is 19.9. The Labute approximate surface area is 193 Å². The number of aromatic hydroxyl groups is 1. The van der Waals surface area contributed by atoms with E-state index in [0.29, 0.717) is 28.6 Å². The molecule has 1 saturated heterocycles. The molecule has 1 saturated carbocycles. The van der Waals surface area contributed by atoms with Crippen LogP contribution in [0.3, 0.4) is 0 Å². The Morgan fingerprint density at radius 3 is 2.48 bits per heavy atom. The van der Waals surface area contributed by atoms with Crippen molar-refractivity contribution in [2.45, 2.75) is 37.6 Å². The minimum absolute atomic E-state index is 0.165. The first-order valence-corrected chi connectivity index (χ1v) is 11.0. The molecule has 10 heteroatoms. The molecule has 0 bridgehead atoms. The number of imide groups is 1. The van der Waals surface area contributed by atoms with E-state index in [4.69, 9.17) is 11.6 Å². The van der Waals surface area contributed by atoms with Gasteiger partial charge in [0.25, 0.3) is 11.5 Å². The summed E-state index contributed by atoms with van der Waals surface area (Å²) in [5.41, 5.74) is -1.22. The molecule has 3 amide bonds. The monoisotopic (exact) mass is 465 g/mol. The predicted molar refractivity (Wildman–Crippen MR) is 123 cm³/mol. The largest absolute Gasteiger partial charge is 0.494 e. The van der Waals surface area contributed by atoms with Gasteiger partial charge in [-0.05, 0) is 31.0 Å². The molecule has 33 heavy (non-hydrogen) atoms. The highest BCUT2D eigenvalue weighted by Crippen LogP contribution is 2.34. The minimum atomic E-state index is -0.914. The first kappa shape index (κ1) is 21.1. The number of hydrazone groups is 1. The van der Waals surface area contributed by atoms with Crippen molar-refractivity contribution in [1.29, 1.82) is 0 Å². The molecule has 3 aromatic rings. The molecule has 3 heterocycles. The number of fused-ring (bicyclic) bond motifs is 1. The van der Waals surface area contributed by atoms with Crippen molar-refractivity contribution in [1.82, 2.24) is 19.9 Å². The van der Waals surface area contributed by atoms with Gasteiger partial charge in [0, 0.05) is 17.0 Å². The third-order valence-electron chi connectivity index (χ3n) is 6.19. The van der Waals surface area contributed by atoms with Crippen LogP contribution in [0, 0.1) is 0 Å². The number of pyridine rings is 2. The number of hydrogen-bond donors (Lipinski definition) is 2. The molecule has 2 fully saturated rings. The van der Waals surface area contributed by atoms with Crippen LogP contribution >= 0.6 is 11.6 Å². The van der Waals surface area contributed by atoms with Crippen molar-refractivity contribution >= 4 is 40.5 Å². The van der Waals surface area contributed by atoms with E-state index in [9.17, 15) is 19.5 Å². The highest BCUT2D eigenvalue weighted by Gasteiger charge is 2.51. The highest BCUT2D eigenvalue weighted by molar-refractivity contribution is 6.30. The number of carbonyl (C=O) groups is 2. The van der Waals surface area contributed by atoms with Gasteiger partial charge in [-0.3, -0.25) is 9.59 Å². The quantitative estimate of drug-likeness (QED) is 0.454. The number of carbonyl (C=O) groups excluding carboxylic acids is 2. The van der Waals surface area contributed by atoms with Crippen molar-refractivity contribution < 1.29 is 14.7 Å². The third kappa shape index (κ3) is 3.45. The Morgan fingerprint density at radius 1 is 1.06 bits per heavy atom. The summed E-state index contributed by atoms with van der Waals surface area (Å²) < 4.78 is 1.04. The summed E-state index contributed by atoms with van der Waals surface area (Å²) in [6.45, 7) is 0. The van der Waals surface area contributed by atoms with Crippen molar-refractivity contribution in [3.05, 3.63) is 63.5 Å². The standard InChI is InChI=1S/C23H20ClN5O4/c24-14-8-9-18(25-12-14)28-19(30)16-7-3-2-6-15(16)17(20(28)31)13-26-29-21(32)23(27-22(29)33)10-4-1-5-11-23/h2-3,6-9,12-13,31H,1,4-5,10-11H2,(H,27,33)/b26-13+. The number of benzene rings is 1. The van der Waals surface area contributed by atoms with E-state index in [0.717, 1.165) is 28.8 Å². The molecule has 2 aliphatic rings. The lowest BCUT2D eigenvalue weighted by atomic mass is 9.82.